The molecule has 1 unspecified atom stereocenters. The molecule has 1 atom stereocenters. The monoisotopic (exact) mass is 438 g/mol. The Hall–Kier alpha value is -0.230. The van der Waals surface area contributed by atoms with Gasteiger partial charge in [-0.25, -0.2) is 0 Å². The lowest BCUT2D eigenvalue weighted by Crippen LogP contribution is -1.98. The van der Waals surface area contributed by atoms with Crippen molar-refractivity contribution in [2.75, 3.05) is 14.2 Å². The van der Waals surface area contributed by atoms with Gasteiger partial charge in [-0.1, -0.05) is 0 Å². The van der Waals surface area contributed by atoms with E-state index in [4.69, 9.17) is 21.1 Å². The zero-order valence-electron chi connectivity index (χ0n) is 11.2. The van der Waals surface area contributed by atoms with Gasteiger partial charge >= 0.3 is 0 Å². The summed E-state index contributed by atoms with van der Waals surface area (Å²) < 4.78 is 12.6. The number of benzene rings is 1. The van der Waals surface area contributed by atoms with Crippen LogP contribution in [0.4, 0.5) is 0 Å². The number of hydrogen-bond acceptors (Lipinski definition) is 3. The van der Waals surface area contributed by atoms with Crippen LogP contribution in [0, 0.1) is 6.92 Å². The normalized spacial score (nSPS) is 12.3. The first-order valence-electron chi connectivity index (χ1n) is 5.79. The fourth-order valence-electron chi connectivity index (χ4n) is 1.88. The van der Waals surface area contributed by atoms with E-state index in [9.17, 15) is 0 Å². The summed E-state index contributed by atoms with van der Waals surface area (Å²) in [5.41, 5.74) is 2.10. The molecule has 1 aromatic heterocycles. The highest BCUT2D eigenvalue weighted by Crippen LogP contribution is 2.45. The zero-order chi connectivity index (χ0) is 14.9. The molecule has 6 heteroatoms. The van der Waals surface area contributed by atoms with Gasteiger partial charge in [0, 0.05) is 10.4 Å². The lowest BCUT2D eigenvalue weighted by atomic mass is 10.1. The summed E-state index contributed by atoms with van der Waals surface area (Å²) in [6, 6.07) is 5.90. The molecule has 0 bridgehead atoms. The third-order valence-corrected chi connectivity index (χ3v) is 6.47. The Bertz CT molecular complexity index is 608. The van der Waals surface area contributed by atoms with Crippen LogP contribution in [0.2, 0.25) is 0 Å². The Morgan fingerprint density at radius 3 is 2.40 bits per heavy atom. The number of hydrogen-bond donors (Lipinski definition) is 0. The highest BCUT2D eigenvalue weighted by molar-refractivity contribution is 9.11. The number of ether oxygens (including phenoxy) is 2. The first kappa shape index (κ1) is 16.1. The van der Waals surface area contributed by atoms with Crippen LogP contribution in [0.5, 0.6) is 11.5 Å². The van der Waals surface area contributed by atoms with Gasteiger partial charge in [-0.3, -0.25) is 0 Å². The Morgan fingerprint density at radius 1 is 1.20 bits per heavy atom. The van der Waals surface area contributed by atoms with Crippen molar-refractivity contribution in [1.82, 2.24) is 0 Å². The van der Waals surface area contributed by atoms with E-state index in [0.29, 0.717) is 5.75 Å². The van der Waals surface area contributed by atoms with Gasteiger partial charge in [0.1, 0.15) is 16.0 Å². The molecule has 2 nitrogen and oxygen atoms in total. The molecule has 0 N–H and O–H groups in total. The fraction of sp³-hybridized carbons (Fsp3) is 0.286. The van der Waals surface area contributed by atoms with Gasteiger partial charge in [0.2, 0.25) is 0 Å². The molecule has 2 rings (SSSR count). The molecule has 108 valence electrons. The molecule has 0 fully saturated rings. The van der Waals surface area contributed by atoms with Gasteiger partial charge in [0.15, 0.2) is 0 Å². The molecule has 20 heavy (non-hydrogen) atoms. The minimum Gasteiger partial charge on any atom is -0.495 e. The van der Waals surface area contributed by atoms with E-state index in [-0.39, 0.29) is 5.38 Å². The maximum atomic E-state index is 6.62. The molecule has 0 aliphatic rings. The fourth-order valence-corrected chi connectivity index (χ4v) is 4.50. The Kier molecular flexibility index (Phi) is 5.40. The van der Waals surface area contributed by atoms with Crippen LogP contribution in [0.3, 0.4) is 0 Å². The van der Waals surface area contributed by atoms with Crippen molar-refractivity contribution in [3.05, 3.63) is 42.5 Å². The SMILES string of the molecule is COc1ccc(C(Cl)c2cc(C)c(Br)s2)c(OC)c1Br. The number of alkyl halides is 1. The number of rotatable bonds is 4. The highest BCUT2D eigenvalue weighted by atomic mass is 79.9. The first-order valence-corrected chi connectivity index (χ1v) is 8.63. The van der Waals surface area contributed by atoms with Gasteiger partial charge in [0.25, 0.3) is 0 Å². The predicted molar refractivity (Wildman–Crippen MR) is 91.7 cm³/mol. The smallest absolute Gasteiger partial charge is 0.141 e. The zero-order valence-corrected chi connectivity index (χ0v) is 15.9. The maximum absolute atomic E-state index is 6.62. The minimum absolute atomic E-state index is 0.262. The lowest BCUT2D eigenvalue weighted by Gasteiger charge is -2.16. The van der Waals surface area contributed by atoms with Crippen molar-refractivity contribution in [2.24, 2.45) is 0 Å². The third kappa shape index (κ3) is 3.01. The van der Waals surface area contributed by atoms with Gasteiger partial charge in [-0.15, -0.1) is 22.9 Å². The van der Waals surface area contributed by atoms with E-state index in [0.717, 1.165) is 24.4 Å². The molecule has 0 saturated carbocycles. The Labute approximate surface area is 144 Å². The summed E-state index contributed by atoms with van der Waals surface area (Å²) in [5.74, 6) is 1.42. The number of aryl methyl sites for hydroxylation is 1. The molecular formula is C14H13Br2ClO2S. The largest absolute Gasteiger partial charge is 0.495 e. The van der Waals surface area contributed by atoms with Crippen LogP contribution in [0.1, 0.15) is 21.4 Å². The summed E-state index contributed by atoms with van der Waals surface area (Å²) in [7, 11) is 3.25. The minimum atomic E-state index is -0.262. The molecule has 0 amide bonds. The van der Waals surface area contributed by atoms with E-state index in [1.807, 2.05) is 12.1 Å². The standard InChI is InChI=1S/C14H13Br2ClO2S/c1-7-6-10(20-14(7)16)12(17)8-4-5-9(18-2)11(15)13(8)19-3/h4-6,12H,1-3H3. The number of thiophene rings is 1. The number of halogens is 3. The van der Waals surface area contributed by atoms with E-state index in [2.05, 4.69) is 44.8 Å². The van der Waals surface area contributed by atoms with Gasteiger partial charge in [-0.2, -0.15) is 0 Å². The average molecular weight is 441 g/mol. The van der Waals surface area contributed by atoms with Crippen LogP contribution in [-0.4, -0.2) is 14.2 Å². The van der Waals surface area contributed by atoms with Crippen molar-refractivity contribution in [2.45, 2.75) is 12.3 Å². The van der Waals surface area contributed by atoms with Crippen LogP contribution in [-0.2, 0) is 0 Å². The van der Waals surface area contributed by atoms with Gasteiger partial charge in [-0.05, 0) is 62.5 Å². The molecule has 1 heterocycles. The van der Waals surface area contributed by atoms with E-state index in [1.54, 1.807) is 25.6 Å². The molecule has 0 radical (unpaired) electrons. The van der Waals surface area contributed by atoms with E-state index >= 15 is 0 Å². The van der Waals surface area contributed by atoms with Crippen LogP contribution < -0.4 is 9.47 Å². The molecule has 0 aliphatic heterocycles. The second kappa shape index (κ2) is 6.69. The second-order valence-corrected chi connectivity index (χ2v) is 7.80. The van der Waals surface area contributed by atoms with Gasteiger partial charge < -0.3 is 9.47 Å². The molecular weight excluding hydrogens is 427 g/mol. The Morgan fingerprint density at radius 2 is 1.90 bits per heavy atom. The summed E-state index contributed by atoms with van der Waals surface area (Å²) >= 11 is 15.3. The van der Waals surface area contributed by atoms with Crippen molar-refractivity contribution in [3.8, 4) is 11.5 Å². The molecule has 0 spiro atoms. The first-order chi connectivity index (χ1) is 9.49. The second-order valence-electron chi connectivity index (χ2n) is 4.17. The van der Waals surface area contributed by atoms with Gasteiger partial charge in [0.05, 0.1) is 23.4 Å². The molecule has 0 aliphatic carbocycles. The summed E-state index contributed by atoms with van der Waals surface area (Å²) in [5, 5.41) is -0.262. The average Bonchev–Trinajstić information content (AvgIpc) is 2.77. The third-order valence-electron chi connectivity index (χ3n) is 2.92. The van der Waals surface area contributed by atoms with Crippen LogP contribution >= 0.6 is 54.8 Å². The lowest BCUT2D eigenvalue weighted by molar-refractivity contribution is 0.386. The summed E-state index contributed by atoms with van der Waals surface area (Å²) in [4.78, 5) is 1.08. The van der Waals surface area contributed by atoms with E-state index < -0.39 is 0 Å². The van der Waals surface area contributed by atoms with E-state index in [1.165, 1.54) is 5.56 Å². The molecule has 1 aromatic carbocycles. The summed E-state index contributed by atoms with van der Waals surface area (Å²) in [6.45, 7) is 2.05. The van der Waals surface area contributed by atoms with Crippen LogP contribution in [0.25, 0.3) is 0 Å². The summed E-state index contributed by atoms with van der Waals surface area (Å²) in [6.07, 6.45) is 0. The predicted octanol–water partition coefficient (Wildman–Crippen LogP) is 5.93. The number of methoxy groups -OCH3 is 2. The molecule has 2 aromatic rings. The van der Waals surface area contributed by atoms with Crippen molar-refractivity contribution in [1.29, 1.82) is 0 Å². The van der Waals surface area contributed by atoms with Crippen LogP contribution in [0.15, 0.2) is 26.5 Å². The Balaban J connectivity index is 2.49. The highest BCUT2D eigenvalue weighted by Gasteiger charge is 2.22. The van der Waals surface area contributed by atoms with Crippen molar-refractivity contribution < 1.29 is 9.47 Å². The quantitative estimate of drug-likeness (QED) is 0.549. The molecule has 0 saturated heterocycles. The van der Waals surface area contributed by atoms with Crippen molar-refractivity contribution in [3.63, 3.8) is 0 Å². The van der Waals surface area contributed by atoms with Crippen molar-refractivity contribution >= 4 is 54.8 Å². The maximum Gasteiger partial charge on any atom is 0.141 e. The topological polar surface area (TPSA) is 18.5 Å².